The summed E-state index contributed by atoms with van der Waals surface area (Å²) in [6.45, 7) is -0.183. The fraction of sp³-hybridized carbons (Fsp3) is 0.273. The number of hydrogen-bond donors (Lipinski definition) is 7. The molecule has 5 rings (SSSR count). The van der Waals surface area contributed by atoms with Gasteiger partial charge in [0.15, 0.2) is 17.4 Å². The van der Waals surface area contributed by atoms with E-state index in [0.717, 1.165) is 0 Å². The third kappa shape index (κ3) is 4.10. The highest BCUT2D eigenvalue weighted by atomic mass is 16.6. The van der Waals surface area contributed by atoms with Crippen molar-refractivity contribution in [3.05, 3.63) is 72.5 Å². The van der Waals surface area contributed by atoms with Gasteiger partial charge in [0.1, 0.15) is 29.7 Å². The van der Waals surface area contributed by atoms with Crippen LogP contribution in [0.3, 0.4) is 0 Å². The summed E-state index contributed by atoms with van der Waals surface area (Å²) in [4.78, 5) is 57.9. The number of imidazole rings is 1. The van der Waals surface area contributed by atoms with Crippen LogP contribution in [-0.4, -0.2) is 65.7 Å². The molecule has 37 heavy (non-hydrogen) atoms. The number of aliphatic hydroxyl groups excluding tert-OH is 2. The molecule has 1 aliphatic heterocycles. The molecule has 1 saturated heterocycles. The molecule has 0 radical (unpaired) electrons. The molecular weight excluding hydrogens is 490 g/mol. The maximum absolute atomic E-state index is 12.1. The molecule has 15 heteroatoms. The van der Waals surface area contributed by atoms with Crippen LogP contribution in [0.15, 0.2) is 45.0 Å². The Hall–Kier alpha value is -4.60. The third-order valence-corrected chi connectivity index (χ3v) is 6.16. The molecule has 15 nitrogen and oxygen atoms in total. The molecule has 0 amide bonds. The molecule has 0 bridgehead atoms. The number of benzene rings is 1. The minimum Gasteiger partial charge on any atom is -0.478 e. The fourth-order valence-electron chi connectivity index (χ4n) is 4.26. The molecule has 0 aliphatic carbocycles. The Morgan fingerprint density at radius 1 is 1.11 bits per heavy atom. The maximum Gasteiger partial charge on any atom is 0.336 e. The number of aromatic amines is 1. The molecular formula is C22H21N7O8. The number of carboxylic acid groups (broad SMARTS) is 1. The average molecular weight is 511 g/mol. The minimum absolute atomic E-state index is 0.0195. The van der Waals surface area contributed by atoms with Gasteiger partial charge < -0.3 is 36.4 Å². The van der Waals surface area contributed by atoms with Crippen LogP contribution in [0.5, 0.6) is 0 Å². The fourth-order valence-corrected chi connectivity index (χ4v) is 4.26. The van der Waals surface area contributed by atoms with E-state index in [4.69, 9.17) is 10.5 Å². The predicted octanol–water partition coefficient (Wildman–Crippen LogP) is -1.66. The van der Waals surface area contributed by atoms with Crippen LogP contribution in [0.4, 0.5) is 17.3 Å². The number of anilines is 3. The van der Waals surface area contributed by atoms with Gasteiger partial charge in [-0.05, 0) is 11.6 Å². The molecule has 4 aromatic rings. The van der Waals surface area contributed by atoms with Crippen LogP contribution in [0.25, 0.3) is 11.2 Å². The van der Waals surface area contributed by atoms with Gasteiger partial charge in [0.05, 0.1) is 11.9 Å². The van der Waals surface area contributed by atoms with Gasteiger partial charge >= 0.3 is 5.97 Å². The number of rotatable bonds is 8. The van der Waals surface area contributed by atoms with Crippen molar-refractivity contribution in [2.75, 3.05) is 22.9 Å². The second kappa shape index (κ2) is 9.12. The number of nitrogens with one attached hydrogen (secondary N) is 3. The maximum atomic E-state index is 12.1. The Morgan fingerprint density at radius 2 is 1.81 bits per heavy atom. The summed E-state index contributed by atoms with van der Waals surface area (Å²) in [6, 6.07) is 6.22. The molecule has 2 aromatic heterocycles. The first kappa shape index (κ1) is 24.1. The van der Waals surface area contributed by atoms with E-state index in [1.807, 2.05) is 0 Å². The highest BCUT2D eigenvalue weighted by molar-refractivity contribution is 5.89. The van der Waals surface area contributed by atoms with E-state index >= 15 is 0 Å². The van der Waals surface area contributed by atoms with E-state index < -0.39 is 46.9 Å². The number of hydrogen-bond acceptors (Lipinski definition) is 12. The summed E-state index contributed by atoms with van der Waals surface area (Å²) in [7, 11) is 0. The Balaban J connectivity index is 1.30. The van der Waals surface area contributed by atoms with Crippen molar-refractivity contribution in [3.8, 4) is 0 Å². The van der Waals surface area contributed by atoms with Crippen LogP contribution in [0.2, 0.25) is 0 Å². The molecule has 0 unspecified atom stereocenters. The van der Waals surface area contributed by atoms with E-state index in [1.54, 1.807) is 18.2 Å². The Labute approximate surface area is 205 Å². The van der Waals surface area contributed by atoms with E-state index in [1.165, 1.54) is 17.0 Å². The van der Waals surface area contributed by atoms with Crippen molar-refractivity contribution in [2.24, 2.45) is 0 Å². The molecule has 3 heterocycles. The molecule has 0 spiro atoms. The van der Waals surface area contributed by atoms with Crippen molar-refractivity contribution in [1.29, 1.82) is 0 Å². The van der Waals surface area contributed by atoms with Crippen molar-refractivity contribution in [1.82, 2.24) is 19.5 Å². The number of aromatic nitrogens is 4. The van der Waals surface area contributed by atoms with Crippen LogP contribution in [0.1, 0.15) is 22.1 Å². The lowest BCUT2D eigenvalue weighted by molar-refractivity contribution is -0.0312. The molecule has 2 aromatic carbocycles. The van der Waals surface area contributed by atoms with Crippen LogP contribution >= 0.6 is 0 Å². The van der Waals surface area contributed by atoms with E-state index in [2.05, 4.69) is 25.6 Å². The summed E-state index contributed by atoms with van der Waals surface area (Å²) in [5.74, 6) is -1.30. The average Bonchev–Trinajstić information content (AvgIpc) is 3.41. The number of H-pyrrole nitrogens is 1. The van der Waals surface area contributed by atoms with Crippen molar-refractivity contribution in [2.45, 2.75) is 31.1 Å². The summed E-state index contributed by atoms with van der Waals surface area (Å²) in [6.07, 6.45) is -3.82. The first-order chi connectivity index (χ1) is 17.7. The monoisotopic (exact) mass is 511 g/mol. The Bertz CT molecular complexity index is 1640. The lowest BCUT2D eigenvalue weighted by Crippen LogP contribution is -2.41. The highest BCUT2D eigenvalue weighted by Gasteiger charge is 2.44. The standard InChI is InChI=1S/C22H21N7O8/c23-22-27-18-13(19(34)28-22)26-7-29(18)20-17(33)14(30)10(37-20)6-25-12-11(15(31)16(12)32)24-5-8-3-1-2-4-9(8)21(35)36/h1-4,7,10,14,17,20,24-25,30,33H,5-6H2,(H,35,36)(H3,23,27,28,34)/t10-,14-,17-,20-/m1/s1. The minimum atomic E-state index is -1.44. The summed E-state index contributed by atoms with van der Waals surface area (Å²) in [5, 5.41) is 36.0. The van der Waals surface area contributed by atoms with E-state index in [-0.39, 0.29) is 47.1 Å². The number of ether oxygens (including phenoxy) is 1. The Morgan fingerprint density at radius 3 is 2.54 bits per heavy atom. The Kier molecular flexibility index (Phi) is 5.94. The molecule has 4 atom stereocenters. The molecule has 8 N–H and O–H groups in total. The number of carboxylic acids is 1. The van der Waals surface area contributed by atoms with Gasteiger partial charge in [0.2, 0.25) is 5.95 Å². The third-order valence-electron chi connectivity index (χ3n) is 6.16. The summed E-state index contributed by atoms with van der Waals surface area (Å²) in [5.41, 5.74) is 3.82. The van der Waals surface area contributed by atoms with Crippen molar-refractivity contribution < 1.29 is 24.9 Å². The smallest absolute Gasteiger partial charge is 0.336 e. The highest BCUT2D eigenvalue weighted by Crippen LogP contribution is 2.31. The quantitative estimate of drug-likeness (QED) is 0.131. The first-order valence-corrected chi connectivity index (χ1v) is 11.0. The van der Waals surface area contributed by atoms with Gasteiger partial charge in [-0.25, -0.2) is 9.78 Å². The second-order valence-corrected chi connectivity index (χ2v) is 8.43. The molecule has 0 saturated carbocycles. The number of carbonyl (C=O) groups is 1. The normalized spacial score (nSPS) is 21.5. The number of nitrogens with zero attached hydrogens (tertiary/aromatic N) is 3. The summed E-state index contributed by atoms with van der Waals surface area (Å²) >= 11 is 0. The number of aromatic carboxylic acids is 1. The van der Waals surface area contributed by atoms with Gasteiger partial charge in [-0.2, -0.15) is 4.98 Å². The number of nitrogens with two attached hydrogens (primary N) is 1. The zero-order valence-electron chi connectivity index (χ0n) is 18.9. The van der Waals surface area contributed by atoms with Gasteiger partial charge in [-0.15, -0.1) is 0 Å². The zero-order valence-corrected chi connectivity index (χ0v) is 18.9. The van der Waals surface area contributed by atoms with Gasteiger partial charge in [-0.3, -0.25) is 23.9 Å². The van der Waals surface area contributed by atoms with Gasteiger partial charge in [0.25, 0.3) is 16.4 Å². The van der Waals surface area contributed by atoms with Crippen LogP contribution in [0, 0.1) is 0 Å². The van der Waals surface area contributed by atoms with E-state index in [9.17, 15) is 34.5 Å². The second-order valence-electron chi connectivity index (χ2n) is 8.43. The zero-order chi connectivity index (χ0) is 26.4. The van der Waals surface area contributed by atoms with Gasteiger partial charge in [0, 0.05) is 13.1 Å². The van der Waals surface area contributed by atoms with Crippen molar-refractivity contribution in [3.63, 3.8) is 0 Å². The molecule has 192 valence electrons. The molecule has 1 fully saturated rings. The molecule has 1 aliphatic rings. The first-order valence-electron chi connectivity index (χ1n) is 11.0. The van der Waals surface area contributed by atoms with Crippen molar-refractivity contribution >= 4 is 34.5 Å². The largest absolute Gasteiger partial charge is 0.478 e. The van der Waals surface area contributed by atoms with Crippen LogP contribution in [-0.2, 0) is 11.3 Å². The van der Waals surface area contributed by atoms with Crippen LogP contribution < -0.4 is 32.8 Å². The number of aliphatic hydroxyl groups is 2. The lowest BCUT2D eigenvalue weighted by Gasteiger charge is -2.19. The number of fused-ring (bicyclic) bond motifs is 1. The lowest BCUT2D eigenvalue weighted by atomic mass is 10.1. The topological polar surface area (TPSA) is 235 Å². The number of nitrogen functional groups attached to an aromatic ring is 1. The SMILES string of the molecule is Nc1nc2c(ncn2[C@@H]2O[C@H](CNc3c(NCc4ccccc4C(=O)O)c(=O)c3=O)[C@@H](O)[C@H]2O)c(=O)[nH]1. The summed E-state index contributed by atoms with van der Waals surface area (Å²) < 4.78 is 7.03. The van der Waals surface area contributed by atoms with Gasteiger partial charge in [-0.1, -0.05) is 18.2 Å². The predicted molar refractivity (Wildman–Crippen MR) is 129 cm³/mol. The van der Waals surface area contributed by atoms with E-state index in [0.29, 0.717) is 5.56 Å².